The first-order chi connectivity index (χ1) is 15.7. The van der Waals surface area contributed by atoms with E-state index in [1.165, 1.54) is 22.9 Å². The largest absolute Gasteiger partial charge is 0.508 e. The van der Waals surface area contributed by atoms with Crippen LogP contribution in [0.5, 0.6) is 5.75 Å². The second-order valence-electron chi connectivity index (χ2n) is 8.20. The van der Waals surface area contributed by atoms with Crippen LogP contribution < -0.4 is 5.56 Å². The molecule has 1 aliphatic carbocycles. The summed E-state index contributed by atoms with van der Waals surface area (Å²) in [5.41, 5.74) is 2.80. The SMILES string of the molecule is Cc1ccc(-n2[nH]c(C)c(N=NC3(C(=O)O)C=CC=C(c4ccc(O)cc4)C3)c2=O)cc1C. The zero-order chi connectivity index (χ0) is 23.8. The highest BCUT2D eigenvalue weighted by atomic mass is 16.4. The van der Waals surface area contributed by atoms with Gasteiger partial charge in [0.05, 0.1) is 11.4 Å². The smallest absolute Gasteiger partial charge is 0.337 e. The summed E-state index contributed by atoms with van der Waals surface area (Å²) in [5.74, 6) is -1.05. The van der Waals surface area contributed by atoms with Crippen molar-refractivity contribution in [3.8, 4) is 11.4 Å². The minimum atomic E-state index is -1.65. The third kappa shape index (κ3) is 4.15. The van der Waals surface area contributed by atoms with Crippen molar-refractivity contribution in [2.45, 2.75) is 32.7 Å². The lowest BCUT2D eigenvalue weighted by Crippen LogP contribution is -2.35. The average Bonchev–Trinajstić information content (AvgIpc) is 3.08. The van der Waals surface area contributed by atoms with Gasteiger partial charge in [-0.15, -0.1) is 5.11 Å². The molecule has 0 fully saturated rings. The van der Waals surface area contributed by atoms with Crippen LogP contribution in [0.25, 0.3) is 11.3 Å². The van der Waals surface area contributed by atoms with Gasteiger partial charge in [-0.2, -0.15) is 5.11 Å². The van der Waals surface area contributed by atoms with Crippen LogP contribution in [0.1, 0.15) is 28.8 Å². The van der Waals surface area contributed by atoms with Gasteiger partial charge in [-0.1, -0.05) is 30.4 Å². The molecule has 0 spiro atoms. The lowest BCUT2D eigenvalue weighted by Gasteiger charge is -2.24. The van der Waals surface area contributed by atoms with E-state index >= 15 is 0 Å². The van der Waals surface area contributed by atoms with Crippen molar-refractivity contribution in [3.63, 3.8) is 0 Å². The normalized spacial score (nSPS) is 18.0. The monoisotopic (exact) mass is 444 g/mol. The number of rotatable bonds is 5. The molecule has 1 aliphatic rings. The zero-order valence-corrected chi connectivity index (χ0v) is 18.5. The van der Waals surface area contributed by atoms with Crippen LogP contribution in [-0.4, -0.2) is 31.5 Å². The van der Waals surface area contributed by atoms with Crippen LogP contribution in [0.15, 0.2) is 75.7 Å². The topological polar surface area (TPSA) is 120 Å². The van der Waals surface area contributed by atoms with E-state index in [1.54, 1.807) is 31.2 Å². The zero-order valence-electron chi connectivity index (χ0n) is 18.5. The van der Waals surface area contributed by atoms with E-state index in [0.717, 1.165) is 22.3 Å². The number of carboxylic acids is 1. The molecule has 0 radical (unpaired) electrons. The minimum absolute atomic E-state index is 0.0575. The number of allylic oxidation sites excluding steroid dienone is 2. The molecule has 3 N–H and O–H groups in total. The summed E-state index contributed by atoms with van der Waals surface area (Å²) < 4.78 is 1.38. The molecule has 2 aromatic carbocycles. The number of phenolic OH excluding ortho intramolecular Hbond substituents is 1. The number of nitrogens with one attached hydrogen (secondary N) is 1. The highest BCUT2D eigenvalue weighted by molar-refractivity contribution is 5.87. The van der Waals surface area contributed by atoms with E-state index in [2.05, 4.69) is 15.3 Å². The van der Waals surface area contributed by atoms with Gasteiger partial charge in [-0.05, 0) is 73.4 Å². The fourth-order valence-corrected chi connectivity index (χ4v) is 3.71. The maximum Gasteiger partial charge on any atom is 0.337 e. The summed E-state index contributed by atoms with van der Waals surface area (Å²) in [5, 5.41) is 30.8. The van der Waals surface area contributed by atoms with Crippen molar-refractivity contribution in [1.29, 1.82) is 0 Å². The molecular weight excluding hydrogens is 420 g/mol. The van der Waals surface area contributed by atoms with Gasteiger partial charge < -0.3 is 10.2 Å². The van der Waals surface area contributed by atoms with Crippen LogP contribution in [0.3, 0.4) is 0 Å². The number of nitrogens with zero attached hydrogens (tertiary/aromatic N) is 3. The number of H-pyrrole nitrogens is 1. The summed E-state index contributed by atoms with van der Waals surface area (Å²) in [6, 6.07) is 12.2. The number of aromatic amines is 1. The lowest BCUT2D eigenvalue weighted by atomic mass is 9.84. The maximum absolute atomic E-state index is 13.0. The van der Waals surface area contributed by atoms with Gasteiger partial charge in [0.1, 0.15) is 5.75 Å². The highest BCUT2D eigenvalue weighted by Gasteiger charge is 2.39. The molecule has 4 rings (SSSR count). The summed E-state index contributed by atoms with van der Waals surface area (Å²) in [6.07, 6.45) is 4.95. The van der Waals surface area contributed by atoms with E-state index in [4.69, 9.17) is 0 Å². The quantitative estimate of drug-likeness (QED) is 0.492. The Labute approximate surface area is 190 Å². The third-order valence-corrected chi connectivity index (χ3v) is 5.86. The number of hydrogen-bond acceptors (Lipinski definition) is 5. The Kier molecular flexibility index (Phi) is 5.59. The fourth-order valence-electron chi connectivity index (χ4n) is 3.71. The van der Waals surface area contributed by atoms with Gasteiger partial charge in [0.25, 0.3) is 5.56 Å². The van der Waals surface area contributed by atoms with Crippen LogP contribution in [0, 0.1) is 20.8 Å². The lowest BCUT2D eigenvalue weighted by molar-refractivity contribution is -0.141. The molecule has 8 heteroatoms. The third-order valence-electron chi connectivity index (χ3n) is 5.86. The number of carbonyl (C=O) groups is 1. The van der Waals surface area contributed by atoms with Crippen molar-refractivity contribution in [1.82, 2.24) is 9.78 Å². The molecule has 0 bridgehead atoms. The Morgan fingerprint density at radius 2 is 1.82 bits per heavy atom. The summed E-state index contributed by atoms with van der Waals surface area (Å²) in [7, 11) is 0. The van der Waals surface area contributed by atoms with Crippen LogP contribution in [0.4, 0.5) is 5.69 Å². The first-order valence-electron chi connectivity index (χ1n) is 10.4. The molecule has 33 heavy (non-hydrogen) atoms. The van der Waals surface area contributed by atoms with Gasteiger partial charge in [0, 0.05) is 6.42 Å². The highest BCUT2D eigenvalue weighted by Crippen LogP contribution is 2.34. The Bertz CT molecular complexity index is 1380. The standard InChI is InChI=1S/C25H24N4O4/c1-15-6-9-20(13-16(15)2)29-23(31)22(17(3)27-29)26-28-25(24(32)33)12-4-5-19(14-25)18-7-10-21(30)11-8-18/h4-13,27,30H,14H2,1-3H3,(H,32,33). The Morgan fingerprint density at radius 1 is 1.09 bits per heavy atom. The Morgan fingerprint density at radius 3 is 2.48 bits per heavy atom. The van der Waals surface area contributed by atoms with Crippen molar-refractivity contribution >= 4 is 17.2 Å². The second-order valence-corrected chi connectivity index (χ2v) is 8.20. The average molecular weight is 444 g/mol. The summed E-state index contributed by atoms with van der Waals surface area (Å²) >= 11 is 0. The minimum Gasteiger partial charge on any atom is -0.508 e. The number of aromatic hydroxyl groups is 1. The van der Waals surface area contributed by atoms with E-state index in [9.17, 15) is 19.8 Å². The summed E-state index contributed by atoms with van der Waals surface area (Å²) in [6.45, 7) is 5.65. The number of benzene rings is 2. The molecule has 0 aliphatic heterocycles. The summed E-state index contributed by atoms with van der Waals surface area (Å²) in [4.78, 5) is 25.3. The van der Waals surface area contributed by atoms with Crippen molar-refractivity contribution < 1.29 is 15.0 Å². The first kappa shape index (κ1) is 22.0. The maximum atomic E-state index is 13.0. The fraction of sp³-hybridized carbons (Fsp3) is 0.200. The van der Waals surface area contributed by atoms with Gasteiger partial charge in [-0.25, -0.2) is 9.48 Å². The van der Waals surface area contributed by atoms with Crippen molar-refractivity contribution in [2.24, 2.45) is 10.2 Å². The molecule has 3 aromatic rings. The molecule has 0 saturated carbocycles. The van der Waals surface area contributed by atoms with E-state index in [-0.39, 0.29) is 17.9 Å². The van der Waals surface area contributed by atoms with Crippen LogP contribution >= 0.6 is 0 Å². The predicted octanol–water partition coefficient (Wildman–Crippen LogP) is 4.75. The number of hydrogen-bond donors (Lipinski definition) is 3. The number of aryl methyl sites for hydroxylation is 3. The molecule has 1 atom stereocenters. The van der Waals surface area contributed by atoms with E-state index in [0.29, 0.717) is 11.4 Å². The van der Waals surface area contributed by atoms with Gasteiger partial charge >= 0.3 is 5.97 Å². The number of phenols is 1. The van der Waals surface area contributed by atoms with Gasteiger partial charge in [0.15, 0.2) is 5.69 Å². The molecule has 1 heterocycles. The van der Waals surface area contributed by atoms with E-state index in [1.807, 2.05) is 32.0 Å². The Balaban J connectivity index is 1.69. The van der Waals surface area contributed by atoms with Gasteiger partial charge in [-0.3, -0.25) is 9.89 Å². The van der Waals surface area contributed by atoms with Crippen LogP contribution in [-0.2, 0) is 4.79 Å². The second kappa shape index (κ2) is 8.38. The van der Waals surface area contributed by atoms with Crippen molar-refractivity contribution in [2.75, 3.05) is 0 Å². The first-order valence-corrected chi connectivity index (χ1v) is 10.4. The predicted molar refractivity (Wildman–Crippen MR) is 125 cm³/mol. The molecule has 1 aromatic heterocycles. The van der Waals surface area contributed by atoms with Crippen molar-refractivity contribution in [3.05, 3.63) is 93.4 Å². The Hall–Kier alpha value is -4.20. The van der Waals surface area contributed by atoms with Gasteiger partial charge in [0.2, 0.25) is 5.54 Å². The number of carboxylic acid groups (broad SMARTS) is 1. The number of aliphatic carboxylic acids is 1. The molecule has 0 saturated heterocycles. The molecule has 168 valence electrons. The van der Waals surface area contributed by atoms with E-state index < -0.39 is 17.1 Å². The molecule has 8 nitrogen and oxygen atoms in total. The molecule has 0 amide bonds. The van der Waals surface area contributed by atoms with Crippen LogP contribution in [0.2, 0.25) is 0 Å². The number of azo groups is 1. The molecular formula is C25H24N4O4. The number of aromatic nitrogens is 2. The molecule has 1 unspecified atom stereocenters.